The van der Waals surface area contributed by atoms with Gasteiger partial charge in [0.05, 0.1) is 0 Å². The SMILES string of the molecule is CC12CCCCCC(Cc3c(F)cc(CCCCCCCCC(=O)Oc4cc(F)c5c(c4)C4(C)CCCCCC(C5)C4N)cc31)C2N. The Balaban J connectivity index is 0.942. The van der Waals surface area contributed by atoms with Gasteiger partial charge in [0.15, 0.2) is 0 Å². The molecule has 0 saturated heterocycles. The van der Waals surface area contributed by atoms with Crippen LogP contribution in [0.5, 0.6) is 5.75 Å². The van der Waals surface area contributed by atoms with Gasteiger partial charge in [0.2, 0.25) is 0 Å². The second kappa shape index (κ2) is 14.7. The van der Waals surface area contributed by atoms with Crippen molar-refractivity contribution in [2.75, 3.05) is 0 Å². The van der Waals surface area contributed by atoms with Crippen molar-refractivity contribution in [2.24, 2.45) is 23.3 Å². The van der Waals surface area contributed by atoms with Gasteiger partial charge in [-0.1, -0.05) is 84.1 Å². The fourth-order valence-electron chi connectivity index (χ4n) is 9.92. The lowest BCUT2D eigenvalue weighted by Crippen LogP contribution is -2.53. The normalized spacial score (nSPS) is 30.3. The minimum atomic E-state index is -0.302. The lowest BCUT2D eigenvalue weighted by molar-refractivity contribution is -0.134. The molecule has 2 fully saturated rings. The highest BCUT2D eigenvalue weighted by molar-refractivity contribution is 5.72. The largest absolute Gasteiger partial charge is 0.426 e. The molecule has 2 aromatic rings. The summed E-state index contributed by atoms with van der Waals surface area (Å²) in [5, 5.41) is 0. The molecule has 4 aliphatic rings. The van der Waals surface area contributed by atoms with E-state index in [1.165, 1.54) is 37.3 Å². The van der Waals surface area contributed by atoms with Crippen molar-refractivity contribution in [3.8, 4) is 5.75 Å². The van der Waals surface area contributed by atoms with Crippen LogP contribution in [0.2, 0.25) is 0 Å². The average molecular weight is 649 g/mol. The maximum Gasteiger partial charge on any atom is 0.311 e. The van der Waals surface area contributed by atoms with E-state index in [9.17, 15) is 4.79 Å². The number of rotatable bonds is 10. The van der Waals surface area contributed by atoms with E-state index in [1.54, 1.807) is 6.07 Å². The number of benzene rings is 2. The Bertz CT molecular complexity index is 1430. The van der Waals surface area contributed by atoms with Crippen LogP contribution in [-0.4, -0.2) is 18.1 Å². The van der Waals surface area contributed by atoms with Crippen LogP contribution >= 0.6 is 0 Å². The standard InChI is InChI=1S/C41H58F2N2O2/c1-40-19-13-7-10-16-28(38(40)44)23-31-33(40)21-27(22-35(31)42)15-9-5-3-4-6-12-18-37(46)47-30-25-34-32(36(43)26-30)24-29-17-11-8-14-20-41(34,2)39(29)45/h21-22,25-26,28-29,38-39H,3-20,23-24,44-45H2,1-2H3. The molecule has 6 heteroatoms. The summed E-state index contributed by atoms with van der Waals surface area (Å²) in [5.41, 5.74) is 18.1. The molecular weight excluding hydrogens is 590 g/mol. The summed E-state index contributed by atoms with van der Waals surface area (Å²) in [5.74, 6) is 0.404. The molecule has 6 unspecified atom stereocenters. The molecule has 0 spiro atoms. The fraction of sp³-hybridized carbons (Fsp3) is 0.683. The van der Waals surface area contributed by atoms with E-state index in [-0.39, 0.29) is 40.5 Å². The smallest absolute Gasteiger partial charge is 0.311 e. The zero-order chi connectivity index (χ0) is 33.2. The lowest BCUT2D eigenvalue weighted by atomic mass is 9.59. The number of halogens is 2. The molecule has 0 radical (unpaired) electrons. The first-order valence-corrected chi connectivity index (χ1v) is 19.0. The lowest BCUT2D eigenvalue weighted by Gasteiger charge is -2.47. The van der Waals surface area contributed by atoms with Gasteiger partial charge in [0.1, 0.15) is 17.4 Å². The van der Waals surface area contributed by atoms with Crippen molar-refractivity contribution in [1.82, 2.24) is 0 Å². The van der Waals surface area contributed by atoms with Crippen LogP contribution in [0.3, 0.4) is 0 Å². The number of nitrogens with two attached hydrogens (primary N) is 2. The number of hydrogen-bond acceptors (Lipinski definition) is 4. The van der Waals surface area contributed by atoms with Crippen molar-refractivity contribution in [3.63, 3.8) is 0 Å². The van der Waals surface area contributed by atoms with Crippen molar-refractivity contribution < 1.29 is 18.3 Å². The fourth-order valence-corrected chi connectivity index (χ4v) is 9.92. The molecule has 4 N–H and O–H groups in total. The summed E-state index contributed by atoms with van der Waals surface area (Å²) in [6, 6.07) is 7.45. The Hall–Kier alpha value is -2.31. The van der Waals surface area contributed by atoms with Crippen LogP contribution in [-0.2, 0) is 34.9 Å². The van der Waals surface area contributed by atoms with Crippen molar-refractivity contribution >= 4 is 5.97 Å². The summed E-state index contributed by atoms with van der Waals surface area (Å²) < 4.78 is 36.4. The monoisotopic (exact) mass is 648 g/mol. The minimum absolute atomic E-state index is 0.00357. The summed E-state index contributed by atoms with van der Waals surface area (Å²) >= 11 is 0. The number of fused-ring (bicyclic) bond motifs is 8. The minimum Gasteiger partial charge on any atom is -0.426 e. The molecular formula is C41H58F2N2O2. The van der Waals surface area contributed by atoms with Crippen molar-refractivity contribution in [1.29, 1.82) is 0 Å². The summed E-state index contributed by atoms with van der Waals surface area (Å²) in [6.07, 6.45) is 19.8. The predicted octanol–water partition coefficient (Wildman–Crippen LogP) is 9.29. The van der Waals surface area contributed by atoms with Gasteiger partial charge in [-0.2, -0.15) is 0 Å². The Kier molecular flexibility index (Phi) is 10.8. The predicted molar refractivity (Wildman–Crippen MR) is 186 cm³/mol. The first-order valence-electron chi connectivity index (χ1n) is 19.0. The van der Waals surface area contributed by atoms with Gasteiger partial charge < -0.3 is 16.2 Å². The molecule has 2 saturated carbocycles. The molecule has 4 bridgehead atoms. The maximum absolute atomic E-state index is 15.4. The van der Waals surface area contributed by atoms with Crippen LogP contribution in [0.4, 0.5) is 8.78 Å². The van der Waals surface area contributed by atoms with Gasteiger partial charge >= 0.3 is 5.97 Å². The van der Waals surface area contributed by atoms with E-state index < -0.39 is 0 Å². The molecule has 6 atom stereocenters. The van der Waals surface area contributed by atoms with E-state index in [4.69, 9.17) is 16.2 Å². The third-order valence-corrected chi connectivity index (χ3v) is 12.9. The van der Waals surface area contributed by atoms with E-state index in [0.29, 0.717) is 30.4 Å². The second-order valence-electron chi connectivity index (χ2n) is 16.1. The Morgan fingerprint density at radius 1 is 0.723 bits per heavy atom. The number of hydrogen-bond donors (Lipinski definition) is 2. The number of esters is 1. The molecule has 0 heterocycles. The van der Waals surface area contributed by atoms with Gasteiger partial charge in [-0.25, -0.2) is 8.78 Å². The quantitative estimate of drug-likeness (QED) is 0.153. The molecule has 47 heavy (non-hydrogen) atoms. The first-order chi connectivity index (χ1) is 22.6. The highest BCUT2D eigenvalue weighted by atomic mass is 19.1. The second-order valence-corrected chi connectivity index (χ2v) is 16.1. The Morgan fingerprint density at radius 2 is 1.26 bits per heavy atom. The van der Waals surface area contributed by atoms with Crippen LogP contribution in [0.1, 0.15) is 151 Å². The van der Waals surface area contributed by atoms with E-state index in [1.807, 2.05) is 6.07 Å². The molecule has 2 aromatic carbocycles. The summed E-state index contributed by atoms with van der Waals surface area (Å²) in [6.45, 7) is 4.45. The van der Waals surface area contributed by atoms with Gasteiger partial charge in [0, 0.05) is 35.4 Å². The van der Waals surface area contributed by atoms with Gasteiger partial charge in [0.25, 0.3) is 0 Å². The Morgan fingerprint density at radius 3 is 1.87 bits per heavy atom. The highest BCUT2D eigenvalue weighted by Gasteiger charge is 2.46. The zero-order valence-corrected chi connectivity index (χ0v) is 29.0. The summed E-state index contributed by atoms with van der Waals surface area (Å²) in [7, 11) is 0. The van der Waals surface area contributed by atoms with Crippen LogP contribution in [0, 0.1) is 23.5 Å². The highest BCUT2D eigenvalue weighted by Crippen LogP contribution is 2.48. The average Bonchev–Trinajstić information content (AvgIpc) is 3.03. The van der Waals surface area contributed by atoms with Gasteiger partial charge in [-0.15, -0.1) is 0 Å². The molecule has 0 amide bonds. The molecule has 4 aliphatic carbocycles. The number of carbonyl (C=O) groups is 1. The molecule has 0 aromatic heterocycles. The molecule has 6 rings (SSSR count). The summed E-state index contributed by atoms with van der Waals surface area (Å²) in [4.78, 5) is 12.7. The number of ether oxygens (including phenoxy) is 1. The van der Waals surface area contributed by atoms with Crippen molar-refractivity contribution in [3.05, 3.63) is 63.7 Å². The number of aryl methyl sites for hydroxylation is 1. The topological polar surface area (TPSA) is 78.3 Å². The molecule has 0 aliphatic heterocycles. The molecule has 258 valence electrons. The van der Waals surface area contributed by atoms with Crippen LogP contribution in [0.25, 0.3) is 0 Å². The van der Waals surface area contributed by atoms with Crippen LogP contribution in [0.15, 0.2) is 24.3 Å². The van der Waals surface area contributed by atoms with Crippen LogP contribution < -0.4 is 16.2 Å². The molecule has 4 nitrogen and oxygen atoms in total. The van der Waals surface area contributed by atoms with E-state index in [0.717, 1.165) is 112 Å². The number of carbonyl (C=O) groups excluding carboxylic acids is 1. The van der Waals surface area contributed by atoms with E-state index >= 15 is 8.78 Å². The third-order valence-electron chi connectivity index (χ3n) is 12.9. The van der Waals surface area contributed by atoms with E-state index in [2.05, 4.69) is 19.9 Å². The third kappa shape index (κ3) is 7.20. The van der Waals surface area contributed by atoms with Crippen molar-refractivity contribution in [2.45, 2.75) is 165 Å². The number of unbranched alkanes of at least 4 members (excludes halogenated alkanes) is 5. The zero-order valence-electron chi connectivity index (χ0n) is 29.0. The van der Waals surface area contributed by atoms with Gasteiger partial charge in [-0.3, -0.25) is 4.79 Å². The Labute approximate surface area is 281 Å². The maximum atomic E-state index is 15.4. The first kappa shape index (κ1) is 34.5. The van der Waals surface area contributed by atoms with Gasteiger partial charge in [-0.05, 0) is 110 Å².